The molecule has 0 spiro atoms. The first-order valence-electron chi connectivity index (χ1n) is 15.0. The summed E-state index contributed by atoms with van der Waals surface area (Å²) in [7, 11) is 0. The fraction of sp³-hybridized carbons (Fsp3) is 0.933. The van der Waals surface area contributed by atoms with Gasteiger partial charge in [0.2, 0.25) is 0 Å². The van der Waals surface area contributed by atoms with Crippen LogP contribution in [0, 0.1) is 0 Å². The SMILES string of the molecule is CCCCCCCCCCCCCCC(=O)O.CCCCCCCCCCCCCCC(=O)O.[Pb]. The largest absolute Gasteiger partial charge is 0.481 e. The van der Waals surface area contributed by atoms with Gasteiger partial charge in [-0.25, -0.2) is 0 Å². The molecular formula is C30H60O4Pb. The molecule has 0 aromatic carbocycles. The number of carbonyl (C=O) groups is 2. The first-order valence-corrected chi connectivity index (χ1v) is 15.0. The zero-order chi connectivity index (χ0) is 25.5. The van der Waals surface area contributed by atoms with Gasteiger partial charge in [0.25, 0.3) is 0 Å². The average Bonchev–Trinajstić information content (AvgIpc) is 2.80. The van der Waals surface area contributed by atoms with Gasteiger partial charge in [0, 0.05) is 40.1 Å². The van der Waals surface area contributed by atoms with Gasteiger partial charge in [-0.3, -0.25) is 9.59 Å². The molecule has 0 atom stereocenters. The molecule has 0 bridgehead atoms. The molecule has 4 radical (unpaired) electrons. The molecule has 0 aromatic heterocycles. The predicted molar refractivity (Wildman–Crippen MR) is 152 cm³/mol. The Bertz CT molecular complexity index is 377. The molecule has 0 fully saturated rings. The van der Waals surface area contributed by atoms with Crippen LogP contribution in [-0.2, 0) is 9.59 Å². The molecule has 0 rings (SSSR count). The molecular weight excluding hydrogens is 632 g/mol. The first-order chi connectivity index (χ1) is 16.5. The van der Waals surface area contributed by atoms with Gasteiger partial charge < -0.3 is 10.2 Å². The van der Waals surface area contributed by atoms with Crippen LogP contribution in [0.25, 0.3) is 0 Å². The second-order valence-corrected chi connectivity index (χ2v) is 10.1. The molecule has 0 amide bonds. The minimum atomic E-state index is -0.655. The van der Waals surface area contributed by atoms with Crippen molar-refractivity contribution in [1.82, 2.24) is 0 Å². The van der Waals surface area contributed by atoms with Gasteiger partial charge in [-0.1, -0.05) is 155 Å². The van der Waals surface area contributed by atoms with Crippen LogP contribution < -0.4 is 0 Å². The molecule has 35 heavy (non-hydrogen) atoms. The average molecular weight is 692 g/mol. The third-order valence-electron chi connectivity index (χ3n) is 6.49. The number of unbranched alkanes of at least 4 members (excludes halogenated alkanes) is 22. The summed E-state index contributed by atoms with van der Waals surface area (Å²) in [5.41, 5.74) is 0. The van der Waals surface area contributed by atoms with E-state index in [1.54, 1.807) is 0 Å². The monoisotopic (exact) mass is 692 g/mol. The van der Waals surface area contributed by atoms with Crippen molar-refractivity contribution in [2.45, 2.75) is 181 Å². The Kier molecular flexibility index (Phi) is 40.5. The third kappa shape index (κ3) is 44.3. The summed E-state index contributed by atoms with van der Waals surface area (Å²) >= 11 is 0. The van der Waals surface area contributed by atoms with Crippen LogP contribution in [0.5, 0.6) is 0 Å². The van der Waals surface area contributed by atoms with E-state index < -0.39 is 11.9 Å². The Hall–Kier alpha value is -0.138. The van der Waals surface area contributed by atoms with Crippen molar-refractivity contribution in [2.75, 3.05) is 0 Å². The van der Waals surface area contributed by atoms with Crippen molar-refractivity contribution in [3.8, 4) is 0 Å². The fourth-order valence-corrected chi connectivity index (χ4v) is 4.23. The summed E-state index contributed by atoms with van der Waals surface area (Å²) in [4.78, 5) is 20.6. The molecule has 2 N–H and O–H groups in total. The van der Waals surface area contributed by atoms with Gasteiger partial charge in [0.1, 0.15) is 0 Å². The molecule has 0 aromatic rings. The van der Waals surface area contributed by atoms with Crippen molar-refractivity contribution in [3.05, 3.63) is 0 Å². The Morgan fingerprint density at radius 1 is 0.371 bits per heavy atom. The maximum absolute atomic E-state index is 10.3. The summed E-state index contributed by atoms with van der Waals surface area (Å²) in [5.74, 6) is -1.31. The van der Waals surface area contributed by atoms with Crippen LogP contribution in [0.3, 0.4) is 0 Å². The number of carboxylic acids is 2. The number of carboxylic acid groups (broad SMARTS) is 2. The van der Waals surface area contributed by atoms with Crippen LogP contribution in [0.1, 0.15) is 181 Å². The summed E-state index contributed by atoms with van der Waals surface area (Å²) in [6, 6.07) is 0. The normalized spacial score (nSPS) is 10.3. The first kappa shape index (κ1) is 39.4. The molecule has 0 aliphatic heterocycles. The van der Waals surface area contributed by atoms with E-state index in [0.29, 0.717) is 12.8 Å². The van der Waals surface area contributed by atoms with E-state index >= 15 is 0 Å². The van der Waals surface area contributed by atoms with Crippen molar-refractivity contribution >= 4 is 39.2 Å². The van der Waals surface area contributed by atoms with Gasteiger partial charge in [-0.15, -0.1) is 0 Å². The molecule has 0 saturated carbocycles. The van der Waals surface area contributed by atoms with E-state index in [-0.39, 0.29) is 27.3 Å². The predicted octanol–water partition coefficient (Wildman–Crippen LogP) is 9.94. The van der Waals surface area contributed by atoms with E-state index in [9.17, 15) is 9.59 Å². The van der Waals surface area contributed by atoms with Gasteiger partial charge in [-0.05, 0) is 12.8 Å². The Morgan fingerprint density at radius 2 is 0.543 bits per heavy atom. The zero-order valence-corrected chi connectivity index (χ0v) is 27.5. The van der Waals surface area contributed by atoms with Crippen LogP contribution in [0.15, 0.2) is 0 Å². The third-order valence-corrected chi connectivity index (χ3v) is 6.49. The quantitative estimate of drug-likeness (QED) is 0.0700. The van der Waals surface area contributed by atoms with Gasteiger partial charge in [0.05, 0.1) is 0 Å². The van der Waals surface area contributed by atoms with E-state index in [1.165, 1.54) is 128 Å². The number of aliphatic carboxylic acids is 2. The van der Waals surface area contributed by atoms with Gasteiger partial charge in [0.15, 0.2) is 0 Å². The second kappa shape index (κ2) is 36.0. The van der Waals surface area contributed by atoms with Crippen LogP contribution >= 0.6 is 0 Å². The topological polar surface area (TPSA) is 74.6 Å². The van der Waals surface area contributed by atoms with Crippen LogP contribution in [0.2, 0.25) is 0 Å². The molecule has 0 aliphatic carbocycles. The van der Waals surface area contributed by atoms with Gasteiger partial charge in [-0.2, -0.15) is 0 Å². The minimum absolute atomic E-state index is 0. The minimum Gasteiger partial charge on any atom is -0.481 e. The molecule has 0 unspecified atom stereocenters. The fourth-order valence-electron chi connectivity index (χ4n) is 4.23. The summed E-state index contributed by atoms with van der Waals surface area (Å²) < 4.78 is 0. The molecule has 5 heteroatoms. The summed E-state index contributed by atoms with van der Waals surface area (Å²) in [6.07, 6.45) is 31.6. The maximum atomic E-state index is 10.3. The molecule has 0 aliphatic rings. The summed E-state index contributed by atoms with van der Waals surface area (Å²) in [6.45, 7) is 4.51. The molecule has 0 saturated heterocycles. The number of rotatable bonds is 26. The smallest absolute Gasteiger partial charge is 0.303 e. The Labute approximate surface area is 239 Å². The van der Waals surface area contributed by atoms with Crippen LogP contribution in [0.4, 0.5) is 0 Å². The number of hydrogen-bond donors (Lipinski definition) is 2. The number of hydrogen-bond acceptors (Lipinski definition) is 2. The molecule has 0 heterocycles. The Balaban J connectivity index is -0.000000569. The van der Waals surface area contributed by atoms with Crippen LogP contribution in [-0.4, -0.2) is 49.5 Å². The molecule has 4 nitrogen and oxygen atoms in total. The van der Waals surface area contributed by atoms with E-state index in [4.69, 9.17) is 10.2 Å². The molecule has 208 valence electrons. The van der Waals surface area contributed by atoms with Gasteiger partial charge >= 0.3 is 11.9 Å². The van der Waals surface area contributed by atoms with Crippen molar-refractivity contribution in [3.63, 3.8) is 0 Å². The zero-order valence-electron chi connectivity index (χ0n) is 23.6. The standard InChI is InChI=1S/2C15H30O2.Pb/c2*1-2-3-4-5-6-7-8-9-10-11-12-13-14-15(16)17;/h2*2-14H2,1H3,(H,16,17);. The van der Waals surface area contributed by atoms with E-state index in [2.05, 4.69) is 13.8 Å². The van der Waals surface area contributed by atoms with Crippen molar-refractivity contribution in [1.29, 1.82) is 0 Å². The van der Waals surface area contributed by atoms with E-state index in [1.807, 2.05) is 0 Å². The van der Waals surface area contributed by atoms with E-state index in [0.717, 1.165) is 25.7 Å². The summed E-state index contributed by atoms with van der Waals surface area (Å²) in [5, 5.41) is 16.9. The Morgan fingerprint density at radius 3 is 0.714 bits per heavy atom. The maximum Gasteiger partial charge on any atom is 0.303 e. The van der Waals surface area contributed by atoms with Crippen molar-refractivity contribution < 1.29 is 19.8 Å². The van der Waals surface area contributed by atoms with Crippen molar-refractivity contribution in [2.24, 2.45) is 0 Å². The second-order valence-electron chi connectivity index (χ2n) is 10.1.